The number of aromatic nitrogens is 2. The minimum atomic E-state index is -4.57. The molecule has 1 heterocycles. The summed E-state index contributed by atoms with van der Waals surface area (Å²) in [7, 11) is 0. The van der Waals surface area contributed by atoms with E-state index in [1.54, 1.807) is 20.8 Å². The highest BCUT2D eigenvalue weighted by molar-refractivity contribution is 6.04. The highest BCUT2D eigenvalue weighted by atomic mass is 19.4. The highest BCUT2D eigenvalue weighted by Gasteiger charge is 2.31. The number of alkyl halides is 3. The lowest BCUT2D eigenvalue weighted by Gasteiger charge is -2.24. The average Bonchev–Trinajstić information content (AvgIpc) is 3.16. The molecule has 2 amide bonds. The van der Waals surface area contributed by atoms with E-state index >= 15 is 0 Å². The van der Waals surface area contributed by atoms with Crippen molar-refractivity contribution < 1.29 is 27.5 Å². The molecular weight excluding hydrogens is 485 g/mol. The molecule has 1 aromatic heterocycles. The van der Waals surface area contributed by atoms with Crippen molar-refractivity contribution in [3.05, 3.63) is 59.2 Å². The van der Waals surface area contributed by atoms with Gasteiger partial charge in [0, 0.05) is 12.1 Å². The third-order valence-corrected chi connectivity index (χ3v) is 5.71. The number of imidazole rings is 1. The van der Waals surface area contributed by atoms with Gasteiger partial charge in [-0.3, -0.25) is 10.1 Å². The van der Waals surface area contributed by atoms with E-state index in [0.29, 0.717) is 11.9 Å². The largest absolute Gasteiger partial charge is 0.444 e. The molecule has 0 fully saturated rings. The molecule has 0 bridgehead atoms. The predicted octanol–water partition coefficient (Wildman–Crippen LogP) is 6.74. The van der Waals surface area contributed by atoms with Crippen LogP contribution in [0.15, 0.2) is 42.5 Å². The topological polar surface area (TPSA) is 85.2 Å². The quantitative estimate of drug-likeness (QED) is 0.346. The predicted molar refractivity (Wildman–Crippen MR) is 137 cm³/mol. The number of hydrogen-bond donors (Lipinski definition) is 2. The maximum absolute atomic E-state index is 13.2. The van der Waals surface area contributed by atoms with E-state index in [0.717, 1.165) is 36.1 Å². The number of hydrogen-bond acceptors (Lipinski definition) is 4. The summed E-state index contributed by atoms with van der Waals surface area (Å²) in [5.74, 6) is -0.524. The van der Waals surface area contributed by atoms with Crippen LogP contribution >= 0.6 is 0 Å². The van der Waals surface area contributed by atoms with Gasteiger partial charge in [-0.15, -0.1) is 0 Å². The Kier molecular flexibility index (Phi) is 8.50. The van der Waals surface area contributed by atoms with Crippen molar-refractivity contribution in [1.29, 1.82) is 0 Å². The number of alkyl carbamates (subject to hydrolysis) is 1. The number of anilines is 1. The van der Waals surface area contributed by atoms with Crippen molar-refractivity contribution in [3.63, 3.8) is 0 Å². The summed E-state index contributed by atoms with van der Waals surface area (Å²) < 4.78 is 46.7. The first-order valence-electron chi connectivity index (χ1n) is 12.3. The van der Waals surface area contributed by atoms with Gasteiger partial charge >= 0.3 is 12.3 Å². The number of rotatable bonds is 8. The van der Waals surface area contributed by atoms with Crippen LogP contribution in [0.4, 0.5) is 23.9 Å². The maximum atomic E-state index is 13.2. The minimum Gasteiger partial charge on any atom is -0.444 e. The molecule has 3 rings (SSSR count). The molecule has 2 aromatic carbocycles. The van der Waals surface area contributed by atoms with Gasteiger partial charge in [0.05, 0.1) is 22.6 Å². The number of fused-ring (bicyclic) bond motifs is 1. The maximum Gasteiger partial charge on any atom is 0.416 e. The molecule has 0 saturated heterocycles. The molecule has 1 atom stereocenters. The summed E-state index contributed by atoms with van der Waals surface area (Å²) in [4.78, 5) is 30.0. The van der Waals surface area contributed by atoms with Gasteiger partial charge in [0.25, 0.3) is 5.91 Å². The second-order valence-corrected chi connectivity index (χ2v) is 9.84. The van der Waals surface area contributed by atoms with E-state index in [1.165, 1.54) is 12.1 Å². The summed E-state index contributed by atoms with van der Waals surface area (Å²) >= 11 is 0. The Morgan fingerprint density at radius 2 is 1.81 bits per heavy atom. The smallest absolute Gasteiger partial charge is 0.416 e. The van der Waals surface area contributed by atoms with Gasteiger partial charge < -0.3 is 14.6 Å². The number of benzene rings is 2. The third kappa shape index (κ3) is 7.24. The van der Waals surface area contributed by atoms with Crippen LogP contribution in [-0.2, 0) is 17.3 Å². The molecule has 37 heavy (non-hydrogen) atoms. The number of halogens is 3. The second kappa shape index (κ2) is 11.2. The molecule has 0 saturated carbocycles. The molecule has 7 nitrogen and oxygen atoms in total. The zero-order valence-corrected chi connectivity index (χ0v) is 21.7. The van der Waals surface area contributed by atoms with Crippen LogP contribution in [0.5, 0.6) is 0 Å². The molecule has 0 radical (unpaired) electrons. The number of aryl methyl sites for hydroxylation is 1. The van der Waals surface area contributed by atoms with Gasteiger partial charge in [0.1, 0.15) is 5.60 Å². The zero-order chi connectivity index (χ0) is 27.4. The van der Waals surface area contributed by atoms with Gasteiger partial charge in [-0.05, 0) is 69.5 Å². The molecule has 0 spiro atoms. The number of nitrogens with zero attached hydrogens (tertiary/aromatic N) is 2. The highest BCUT2D eigenvalue weighted by Crippen LogP contribution is 2.31. The van der Waals surface area contributed by atoms with E-state index < -0.39 is 29.3 Å². The molecule has 200 valence electrons. The van der Waals surface area contributed by atoms with Crippen LogP contribution in [0.1, 0.15) is 75.0 Å². The second-order valence-electron chi connectivity index (χ2n) is 9.84. The standard InChI is InChI=1S/C27H33F3N4O3/c1-6-9-20(16-31-25(36)37-26(3,4)5)34-22-13-12-17(7-2)14-21(22)32-24(34)33-23(35)18-10-8-11-19(15-18)27(28,29)30/h8,10-15,20H,6-7,9,16H2,1-5H3,(H,31,36)(H,32,33,35). The Bertz CT molecular complexity index is 1260. The Morgan fingerprint density at radius 3 is 2.43 bits per heavy atom. The van der Waals surface area contributed by atoms with Gasteiger partial charge in [0.2, 0.25) is 5.95 Å². The van der Waals surface area contributed by atoms with E-state index in [-0.39, 0.29) is 24.1 Å². The van der Waals surface area contributed by atoms with Crippen LogP contribution in [0, 0.1) is 0 Å². The van der Waals surface area contributed by atoms with Crippen molar-refractivity contribution >= 4 is 29.0 Å². The molecule has 0 aliphatic heterocycles. The lowest BCUT2D eigenvalue weighted by molar-refractivity contribution is -0.137. The van der Waals surface area contributed by atoms with Crippen LogP contribution in [0.2, 0.25) is 0 Å². The number of ether oxygens (including phenoxy) is 1. The monoisotopic (exact) mass is 518 g/mol. The van der Waals surface area contributed by atoms with Gasteiger partial charge in [-0.25, -0.2) is 9.78 Å². The van der Waals surface area contributed by atoms with Crippen molar-refractivity contribution in [2.75, 3.05) is 11.9 Å². The molecular formula is C27H33F3N4O3. The van der Waals surface area contributed by atoms with Gasteiger partial charge in [-0.1, -0.05) is 32.4 Å². The number of carbonyl (C=O) groups excluding carboxylic acids is 2. The van der Waals surface area contributed by atoms with Crippen LogP contribution in [0.25, 0.3) is 11.0 Å². The molecule has 0 aliphatic rings. The number of amides is 2. The summed E-state index contributed by atoms with van der Waals surface area (Å²) in [5.41, 5.74) is 0.713. The Morgan fingerprint density at radius 1 is 1.08 bits per heavy atom. The van der Waals surface area contributed by atoms with Gasteiger partial charge in [0.15, 0.2) is 0 Å². The Balaban J connectivity index is 1.99. The zero-order valence-electron chi connectivity index (χ0n) is 21.7. The van der Waals surface area contributed by atoms with Crippen LogP contribution in [0.3, 0.4) is 0 Å². The van der Waals surface area contributed by atoms with Crippen LogP contribution < -0.4 is 10.6 Å². The van der Waals surface area contributed by atoms with E-state index in [4.69, 9.17) is 4.74 Å². The SMILES string of the molecule is CCCC(CNC(=O)OC(C)(C)C)n1c(NC(=O)c2cccc(C(F)(F)F)c2)nc2cc(CC)ccc21. The molecule has 1 unspecified atom stereocenters. The fourth-order valence-corrected chi connectivity index (χ4v) is 4.00. The average molecular weight is 519 g/mol. The number of nitrogens with one attached hydrogen (secondary N) is 2. The third-order valence-electron chi connectivity index (χ3n) is 5.71. The van der Waals surface area contributed by atoms with Crippen molar-refractivity contribution in [3.8, 4) is 0 Å². The summed E-state index contributed by atoms with van der Waals surface area (Å²) in [6, 6.07) is 9.71. The summed E-state index contributed by atoms with van der Waals surface area (Å²) in [6.45, 7) is 9.52. The van der Waals surface area contributed by atoms with E-state index in [1.807, 2.05) is 36.6 Å². The van der Waals surface area contributed by atoms with Crippen molar-refractivity contribution in [2.24, 2.45) is 0 Å². The first-order chi connectivity index (χ1) is 17.3. The summed E-state index contributed by atoms with van der Waals surface area (Å²) in [6.07, 6.45) is -2.94. The Labute approximate surface area is 214 Å². The lowest BCUT2D eigenvalue weighted by atomic mass is 10.1. The van der Waals surface area contributed by atoms with Crippen LogP contribution in [-0.4, -0.2) is 33.7 Å². The first-order valence-corrected chi connectivity index (χ1v) is 12.3. The normalized spacial score (nSPS) is 12.9. The molecule has 2 N–H and O–H groups in total. The molecule has 3 aromatic rings. The van der Waals surface area contributed by atoms with E-state index in [2.05, 4.69) is 15.6 Å². The summed E-state index contributed by atoms with van der Waals surface area (Å²) in [5, 5.41) is 5.49. The Hall–Kier alpha value is -3.56. The minimum absolute atomic E-state index is 0.137. The van der Waals surface area contributed by atoms with E-state index in [9.17, 15) is 22.8 Å². The van der Waals surface area contributed by atoms with Gasteiger partial charge in [-0.2, -0.15) is 13.2 Å². The first kappa shape index (κ1) is 28.0. The number of carbonyl (C=O) groups is 2. The lowest BCUT2D eigenvalue weighted by Crippen LogP contribution is -2.36. The molecule has 10 heteroatoms. The molecule has 0 aliphatic carbocycles. The fourth-order valence-electron chi connectivity index (χ4n) is 4.00. The van der Waals surface area contributed by atoms with Crippen molar-refractivity contribution in [2.45, 2.75) is 71.7 Å². The van der Waals surface area contributed by atoms with Crippen molar-refractivity contribution in [1.82, 2.24) is 14.9 Å². The fraction of sp³-hybridized carbons (Fsp3) is 0.444.